The average molecular weight is 487 g/mol. The molecule has 1 atom stereocenters. The summed E-state index contributed by atoms with van der Waals surface area (Å²) in [6, 6.07) is 8.30. The molecule has 35 heavy (non-hydrogen) atoms. The Balaban J connectivity index is 1.81. The molecule has 1 aromatic carbocycles. The zero-order chi connectivity index (χ0) is 25.4. The van der Waals surface area contributed by atoms with Crippen LogP contribution in [0.25, 0.3) is 11.2 Å². The first-order valence-corrected chi connectivity index (χ1v) is 11.3. The average Bonchev–Trinajstić information content (AvgIpc) is 3.14. The second kappa shape index (κ2) is 12.0. The predicted molar refractivity (Wildman–Crippen MR) is 127 cm³/mol. The van der Waals surface area contributed by atoms with Gasteiger partial charge in [0, 0.05) is 0 Å². The van der Waals surface area contributed by atoms with Crippen molar-refractivity contribution in [2.75, 3.05) is 18.7 Å². The number of carbonyl (C=O) groups is 2. The Morgan fingerprint density at radius 2 is 1.89 bits per heavy atom. The molecule has 1 amide bonds. The van der Waals surface area contributed by atoms with Crippen LogP contribution in [0.2, 0.25) is 0 Å². The topological polar surface area (TPSA) is 164 Å². The molecule has 4 N–H and O–H groups in total. The zero-order valence-corrected chi connectivity index (χ0v) is 19.9. The Kier molecular flexibility index (Phi) is 8.79. The number of rotatable bonds is 11. The lowest BCUT2D eigenvalue weighted by molar-refractivity contribution is -0.154. The van der Waals surface area contributed by atoms with Gasteiger partial charge in [0.25, 0.3) is 6.01 Å². The number of hydrogen-bond acceptors (Lipinski definition) is 10. The van der Waals surface area contributed by atoms with Crippen LogP contribution in [0.1, 0.15) is 39.2 Å². The number of benzene rings is 1. The van der Waals surface area contributed by atoms with Gasteiger partial charge in [-0.05, 0) is 17.9 Å². The normalized spacial score (nSPS) is 11.9. The van der Waals surface area contributed by atoms with Crippen LogP contribution in [0, 0.1) is 5.92 Å². The van der Waals surface area contributed by atoms with Gasteiger partial charge in [0.05, 0.1) is 13.2 Å². The van der Waals surface area contributed by atoms with E-state index >= 15 is 0 Å². The molecular weight excluding hydrogens is 456 g/mol. The van der Waals surface area contributed by atoms with Crippen molar-refractivity contribution in [3.05, 3.63) is 35.9 Å². The van der Waals surface area contributed by atoms with Crippen LogP contribution in [0.4, 0.5) is 10.6 Å². The third kappa shape index (κ3) is 6.79. The Labute approximate surface area is 202 Å². The summed E-state index contributed by atoms with van der Waals surface area (Å²) in [6.45, 7) is 5.58. The molecule has 12 nitrogen and oxygen atoms in total. The number of nitrogens with zero attached hydrogens (tertiary/aromatic N) is 4. The molecule has 0 fully saturated rings. The summed E-state index contributed by atoms with van der Waals surface area (Å²) in [5, 5.41) is 12.9. The third-order valence-electron chi connectivity index (χ3n) is 5.07. The molecule has 188 valence electrons. The van der Waals surface area contributed by atoms with Crippen molar-refractivity contribution in [3.8, 4) is 12.0 Å². The molecule has 2 heterocycles. The fraction of sp³-hybridized carbons (Fsp3) is 0.435. The van der Waals surface area contributed by atoms with Crippen molar-refractivity contribution in [1.82, 2.24) is 19.5 Å². The molecule has 0 bridgehead atoms. The number of aromatic nitrogens is 4. The molecule has 0 spiro atoms. The molecule has 2 aromatic heterocycles. The minimum absolute atomic E-state index is 0.00444. The molecular formula is C23H30N6O6. The van der Waals surface area contributed by atoms with Gasteiger partial charge in [0.2, 0.25) is 6.79 Å². The molecule has 0 radical (unpaired) electrons. The maximum Gasteiger partial charge on any atom is 0.415 e. The fourth-order valence-corrected chi connectivity index (χ4v) is 2.98. The SMILES string of the molecule is CCCCOc1nc(NC(=O)OCOC(=O)[C@@H](N)C(C)C)c2nc(O)n(Cc3ccccc3)c2n1. The second-order valence-electron chi connectivity index (χ2n) is 8.12. The van der Waals surface area contributed by atoms with Gasteiger partial charge < -0.3 is 25.1 Å². The van der Waals surface area contributed by atoms with Gasteiger partial charge in [-0.25, -0.2) is 4.79 Å². The number of unbranched alkanes of at least 4 members (excludes halogenated alkanes) is 1. The van der Waals surface area contributed by atoms with Crippen LogP contribution in [0.3, 0.4) is 0 Å². The largest absolute Gasteiger partial charge is 0.480 e. The molecule has 0 saturated carbocycles. The van der Waals surface area contributed by atoms with Crippen LogP contribution < -0.4 is 15.8 Å². The number of carbonyl (C=O) groups excluding carboxylic acids is 2. The lowest BCUT2D eigenvalue weighted by Crippen LogP contribution is -2.37. The quantitative estimate of drug-likeness (QED) is 0.208. The van der Waals surface area contributed by atoms with Crippen molar-refractivity contribution in [3.63, 3.8) is 0 Å². The zero-order valence-electron chi connectivity index (χ0n) is 19.9. The predicted octanol–water partition coefficient (Wildman–Crippen LogP) is 2.79. The monoisotopic (exact) mass is 486 g/mol. The van der Waals surface area contributed by atoms with Gasteiger partial charge in [-0.3, -0.25) is 14.7 Å². The first-order valence-electron chi connectivity index (χ1n) is 11.3. The van der Waals surface area contributed by atoms with Crippen molar-refractivity contribution in [2.24, 2.45) is 11.7 Å². The summed E-state index contributed by atoms with van der Waals surface area (Å²) >= 11 is 0. The Morgan fingerprint density at radius 1 is 1.14 bits per heavy atom. The van der Waals surface area contributed by atoms with E-state index in [4.69, 9.17) is 19.9 Å². The van der Waals surface area contributed by atoms with E-state index in [1.54, 1.807) is 13.8 Å². The van der Waals surface area contributed by atoms with E-state index in [1.807, 2.05) is 37.3 Å². The number of hydrogen-bond donors (Lipinski definition) is 3. The van der Waals surface area contributed by atoms with E-state index < -0.39 is 24.9 Å². The minimum atomic E-state index is -0.951. The van der Waals surface area contributed by atoms with E-state index in [0.717, 1.165) is 18.4 Å². The van der Waals surface area contributed by atoms with Crippen molar-refractivity contribution in [2.45, 2.75) is 46.2 Å². The lowest BCUT2D eigenvalue weighted by atomic mass is 10.1. The van der Waals surface area contributed by atoms with Crippen LogP contribution in [0.15, 0.2) is 30.3 Å². The van der Waals surface area contributed by atoms with E-state index in [9.17, 15) is 14.7 Å². The van der Waals surface area contributed by atoms with Gasteiger partial charge in [0.1, 0.15) is 6.04 Å². The van der Waals surface area contributed by atoms with Gasteiger partial charge in [-0.2, -0.15) is 15.0 Å². The third-order valence-corrected chi connectivity index (χ3v) is 5.07. The van der Waals surface area contributed by atoms with Crippen LogP contribution in [0.5, 0.6) is 12.0 Å². The number of anilines is 1. The van der Waals surface area contributed by atoms with E-state index in [2.05, 4.69) is 20.3 Å². The smallest absolute Gasteiger partial charge is 0.415 e. The highest BCUT2D eigenvalue weighted by Gasteiger charge is 2.22. The molecule has 12 heteroatoms. The van der Waals surface area contributed by atoms with Gasteiger partial charge in [-0.1, -0.05) is 57.5 Å². The van der Waals surface area contributed by atoms with Gasteiger partial charge >= 0.3 is 18.1 Å². The summed E-state index contributed by atoms with van der Waals surface area (Å²) in [4.78, 5) is 36.9. The van der Waals surface area contributed by atoms with Crippen molar-refractivity contribution in [1.29, 1.82) is 0 Å². The summed E-state index contributed by atoms with van der Waals surface area (Å²) < 4.78 is 16.9. The van der Waals surface area contributed by atoms with Crippen molar-refractivity contribution >= 4 is 29.0 Å². The summed E-state index contributed by atoms with van der Waals surface area (Å²) in [5.74, 6) is -0.845. The molecule has 0 saturated heterocycles. The number of amides is 1. The van der Waals surface area contributed by atoms with E-state index in [1.165, 1.54) is 4.57 Å². The number of ether oxygens (including phenoxy) is 3. The molecule has 3 rings (SSSR count). The number of esters is 1. The standard InChI is InChI=1S/C23H30N6O6/c1-4-5-11-33-21-26-18(27-23(32)35-13-34-20(30)16(24)14(2)3)17-19(28-21)29(22(31)25-17)12-15-9-7-6-8-10-15/h6-10,14,16H,4-5,11-13,24H2,1-3H3,(H,25,31)(H,26,27,28,32)/t16-/m0/s1. The molecule has 0 unspecified atom stereocenters. The number of nitrogens with one attached hydrogen (secondary N) is 1. The summed E-state index contributed by atoms with van der Waals surface area (Å²) in [5.41, 5.74) is 7.01. The Bertz CT molecular complexity index is 1150. The highest BCUT2D eigenvalue weighted by atomic mass is 16.7. The van der Waals surface area contributed by atoms with E-state index in [0.29, 0.717) is 6.61 Å². The highest BCUT2D eigenvalue weighted by molar-refractivity contribution is 5.94. The summed E-state index contributed by atoms with van der Waals surface area (Å²) in [7, 11) is 0. The highest BCUT2D eigenvalue weighted by Crippen LogP contribution is 2.27. The van der Waals surface area contributed by atoms with Crippen molar-refractivity contribution < 1.29 is 28.9 Å². The fourth-order valence-electron chi connectivity index (χ4n) is 2.98. The van der Waals surface area contributed by atoms with Crippen LogP contribution >= 0.6 is 0 Å². The first-order chi connectivity index (χ1) is 16.8. The first kappa shape index (κ1) is 25.7. The van der Waals surface area contributed by atoms with E-state index in [-0.39, 0.29) is 41.5 Å². The summed E-state index contributed by atoms with van der Waals surface area (Å²) in [6.07, 6.45) is 0.739. The number of fused-ring (bicyclic) bond motifs is 1. The van der Waals surface area contributed by atoms with Gasteiger partial charge in [0.15, 0.2) is 17.0 Å². The molecule has 0 aliphatic carbocycles. The molecule has 0 aliphatic heterocycles. The second-order valence-corrected chi connectivity index (χ2v) is 8.12. The Hall–Kier alpha value is -3.93. The maximum atomic E-state index is 12.3. The number of aromatic hydroxyl groups is 1. The maximum absolute atomic E-state index is 12.3. The molecule has 3 aromatic rings. The molecule has 0 aliphatic rings. The van der Waals surface area contributed by atoms with Crippen LogP contribution in [-0.4, -0.2) is 56.1 Å². The van der Waals surface area contributed by atoms with Crippen LogP contribution in [-0.2, 0) is 20.8 Å². The van der Waals surface area contributed by atoms with Gasteiger partial charge in [-0.15, -0.1) is 0 Å². The number of nitrogens with two attached hydrogens (primary N) is 1. The number of imidazole rings is 1. The minimum Gasteiger partial charge on any atom is -0.480 e. The Morgan fingerprint density at radius 3 is 2.57 bits per heavy atom. The lowest BCUT2D eigenvalue weighted by Gasteiger charge is -2.14.